The molecule has 0 aromatic heterocycles. The number of hydrogen-bond acceptors (Lipinski definition) is 4. The molecule has 2 aromatic carbocycles. The van der Waals surface area contributed by atoms with Gasteiger partial charge in [0.1, 0.15) is 5.76 Å². The molecule has 0 aliphatic carbocycles. The second-order valence-electron chi connectivity index (χ2n) is 7.50. The van der Waals surface area contributed by atoms with Gasteiger partial charge in [0.25, 0.3) is 11.7 Å². The van der Waals surface area contributed by atoms with Gasteiger partial charge in [0.2, 0.25) is 0 Å². The molecule has 150 valence electrons. The Morgan fingerprint density at radius 1 is 1.14 bits per heavy atom. The molecule has 2 fully saturated rings. The minimum absolute atomic E-state index is 0.0965. The number of Topliss-reactive ketones (excluding diaryl/α,β-unsaturated/α-hetero) is 1. The number of ketones is 1. The van der Waals surface area contributed by atoms with Gasteiger partial charge in [-0.2, -0.15) is 0 Å². The van der Waals surface area contributed by atoms with E-state index in [0.29, 0.717) is 23.7 Å². The molecule has 2 aromatic rings. The van der Waals surface area contributed by atoms with Gasteiger partial charge in [0.05, 0.1) is 17.7 Å². The number of amides is 1. The third-order valence-electron chi connectivity index (χ3n) is 5.48. The van der Waals surface area contributed by atoms with Crippen molar-refractivity contribution in [2.75, 3.05) is 13.2 Å². The van der Waals surface area contributed by atoms with Crippen LogP contribution in [0.15, 0.2) is 54.1 Å². The quantitative estimate of drug-likeness (QED) is 0.464. The van der Waals surface area contributed by atoms with E-state index in [0.717, 1.165) is 24.0 Å². The van der Waals surface area contributed by atoms with Gasteiger partial charge >= 0.3 is 0 Å². The van der Waals surface area contributed by atoms with Crippen molar-refractivity contribution in [3.8, 4) is 0 Å². The van der Waals surface area contributed by atoms with Crippen molar-refractivity contribution in [1.29, 1.82) is 0 Å². The van der Waals surface area contributed by atoms with E-state index in [2.05, 4.69) is 0 Å². The molecule has 0 unspecified atom stereocenters. The molecule has 5 nitrogen and oxygen atoms in total. The summed E-state index contributed by atoms with van der Waals surface area (Å²) in [6, 6.07) is 13.5. The van der Waals surface area contributed by atoms with Gasteiger partial charge in [-0.05, 0) is 49.6 Å². The predicted octanol–water partition coefficient (Wildman–Crippen LogP) is 4.25. The summed E-state index contributed by atoms with van der Waals surface area (Å²) in [5.41, 5.74) is 2.40. The molecule has 29 heavy (non-hydrogen) atoms. The van der Waals surface area contributed by atoms with Crippen molar-refractivity contribution in [2.45, 2.75) is 31.9 Å². The van der Waals surface area contributed by atoms with Crippen LogP contribution in [0.25, 0.3) is 5.76 Å². The molecule has 0 bridgehead atoms. The zero-order chi connectivity index (χ0) is 20.5. The number of hydrogen-bond donors (Lipinski definition) is 1. The number of benzene rings is 2. The molecule has 2 aliphatic heterocycles. The first-order valence-electron chi connectivity index (χ1n) is 9.68. The summed E-state index contributed by atoms with van der Waals surface area (Å²) in [7, 11) is 0. The summed E-state index contributed by atoms with van der Waals surface area (Å²) in [6.07, 6.45) is 1.69. The third-order valence-corrected chi connectivity index (χ3v) is 5.73. The topological polar surface area (TPSA) is 66.8 Å². The molecular formula is C23H22ClNO4. The molecule has 1 amide bonds. The fourth-order valence-corrected chi connectivity index (χ4v) is 4.06. The van der Waals surface area contributed by atoms with Crippen LogP contribution in [-0.4, -0.2) is 41.0 Å². The first kappa shape index (κ1) is 19.7. The number of aryl methyl sites for hydroxylation is 1. The Hall–Kier alpha value is -2.63. The zero-order valence-electron chi connectivity index (χ0n) is 16.1. The largest absolute Gasteiger partial charge is 0.507 e. The van der Waals surface area contributed by atoms with Gasteiger partial charge < -0.3 is 14.7 Å². The molecule has 0 spiro atoms. The molecule has 2 atom stereocenters. The highest BCUT2D eigenvalue weighted by Crippen LogP contribution is 2.40. The number of likely N-dealkylation sites (tertiary alicyclic amines) is 1. The highest BCUT2D eigenvalue weighted by Gasteiger charge is 2.47. The van der Waals surface area contributed by atoms with Crippen LogP contribution in [-0.2, 0) is 14.3 Å². The lowest BCUT2D eigenvalue weighted by atomic mass is 9.94. The lowest BCUT2D eigenvalue weighted by Crippen LogP contribution is -2.36. The maximum Gasteiger partial charge on any atom is 0.295 e. The van der Waals surface area contributed by atoms with Gasteiger partial charge in [0.15, 0.2) is 0 Å². The molecule has 2 aliphatic rings. The smallest absolute Gasteiger partial charge is 0.295 e. The normalized spacial score (nSPS) is 23.7. The molecule has 6 heteroatoms. The van der Waals surface area contributed by atoms with Gasteiger partial charge in [-0.1, -0.05) is 41.4 Å². The standard InChI is InChI=1S/C23H22ClNO4/c1-14-4-6-15(7-5-14)20-19(21(26)16-8-10-17(24)11-9-16)22(27)23(28)25(20)13-18-3-2-12-29-18/h4-11,18,20,26H,2-3,12-13H2,1H3/b21-19+/t18-,20-/m0/s1. The molecular weight excluding hydrogens is 390 g/mol. The van der Waals surface area contributed by atoms with Crippen molar-refractivity contribution in [3.05, 3.63) is 75.8 Å². The number of halogens is 1. The lowest BCUT2D eigenvalue weighted by Gasteiger charge is -2.27. The Morgan fingerprint density at radius 3 is 2.45 bits per heavy atom. The average molecular weight is 412 g/mol. The average Bonchev–Trinajstić information content (AvgIpc) is 3.31. The van der Waals surface area contributed by atoms with E-state index in [1.54, 1.807) is 24.3 Å². The minimum Gasteiger partial charge on any atom is -0.507 e. The first-order valence-corrected chi connectivity index (χ1v) is 10.1. The second kappa shape index (κ2) is 8.01. The molecule has 2 heterocycles. The fourth-order valence-electron chi connectivity index (χ4n) is 3.93. The summed E-state index contributed by atoms with van der Waals surface area (Å²) in [5, 5.41) is 11.5. The molecule has 2 saturated heterocycles. The zero-order valence-corrected chi connectivity index (χ0v) is 16.9. The van der Waals surface area contributed by atoms with Crippen molar-refractivity contribution in [3.63, 3.8) is 0 Å². The van der Waals surface area contributed by atoms with E-state index in [-0.39, 0.29) is 17.4 Å². The number of carbonyl (C=O) groups is 2. The van der Waals surface area contributed by atoms with Crippen molar-refractivity contribution < 1.29 is 19.4 Å². The first-order chi connectivity index (χ1) is 14.0. The van der Waals surface area contributed by atoms with E-state index >= 15 is 0 Å². The third kappa shape index (κ3) is 3.80. The number of nitrogens with zero attached hydrogens (tertiary/aromatic N) is 1. The Morgan fingerprint density at radius 2 is 1.83 bits per heavy atom. The summed E-state index contributed by atoms with van der Waals surface area (Å²) in [6.45, 7) is 2.95. The number of carbonyl (C=O) groups excluding carboxylic acids is 2. The molecule has 0 radical (unpaired) electrons. The van der Waals surface area contributed by atoms with Crippen LogP contribution >= 0.6 is 11.6 Å². The Labute approximate surface area is 174 Å². The minimum atomic E-state index is -0.680. The predicted molar refractivity (Wildman–Crippen MR) is 111 cm³/mol. The SMILES string of the molecule is Cc1ccc([C@H]2/C(=C(\O)c3ccc(Cl)cc3)C(=O)C(=O)N2C[C@@H]2CCCO2)cc1. The van der Waals surface area contributed by atoms with Crippen LogP contribution < -0.4 is 0 Å². The van der Waals surface area contributed by atoms with Gasteiger partial charge in [-0.15, -0.1) is 0 Å². The maximum absolute atomic E-state index is 12.9. The second-order valence-corrected chi connectivity index (χ2v) is 7.94. The highest BCUT2D eigenvalue weighted by molar-refractivity contribution is 6.46. The monoisotopic (exact) mass is 411 g/mol. The van der Waals surface area contributed by atoms with Crippen LogP contribution in [0.4, 0.5) is 0 Å². The van der Waals surface area contributed by atoms with Crippen LogP contribution in [0.3, 0.4) is 0 Å². The Kier molecular flexibility index (Phi) is 5.43. The van der Waals surface area contributed by atoms with Crippen LogP contribution in [0.5, 0.6) is 0 Å². The van der Waals surface area contributed by atoms with Crippen LogP contribution in [0.2, 0.25) is 5.02 Å². The number of ether oxygens (including phenoxy) is 1. The van der Waals surface area contributed by atoms with E-state index in [1.807, 2.05) is 31.2 Å². The van der Waals surface area contributed by atoms with E-state index < -0.39 is 17.7 Å². The highest BCUT2D eigenvalue weighted by atomic mass is 35.5. The summed E-state index contributed by atoms with van der Waals surface area (Å²) >= 11 is 5.94. The van der Waals surface area contributed by atoms with Gasteiger partial charge in [-0.3, -0.25) is 9.59 Å². The summed E-state index contributed by atoms with van der Waals surface area (Å²) in [5.74, 6) is -1.48. The van der Waals surface area contributed by atoms with Crippen molar-refractivity contribution >= 4 is 29.1 Å². The summed E-state index contributed by atoms with van der Waals surface area (Å²) < 4.78 is 5.70. The molecule has 0 saturated carbocycles. The number of aliphatic hydroxyl groups is 1. The van der Waals surface area contributed by atoms with Crippen LogP contribution in [0, 0.1) is 6.92 Å². The Bertz CT molecular complexity index is 959. The fraction of sp³-hybridized carbons (Fsp3) is 0.304. The van der Waals surface area contributed by atoms with Crippen molar-refractivity contribution in [2.24, 2.45) is 0 Å². The molecule has 4 rings (SSSR count). The van der Waals surface area contributed by atoms with E-state index in [9.17, 15) is 14.7 Å². The summed E-state index contributed by atoms with van der Waals surface area (Å²) in [4.78, 5) is 27.4. The number of rotatable bonds is 4. The van der Waals surface area contributed by atoms with Crippen molar-refractivity contribution in [1.82, 2.24) is 4.90 Å². The van der Waals surface area contributed by atoms with Gasteiger partial charge in [-0.25, -0.2) is 0 Å². The van der Waals surface area contributed by atoms with E-state index in [1.165, 1.54) is 4.90 Å². The Balaban J connectivity index is 1.81. The molecule has 1 N–H and O–H groups in total. The van der Waals surface area contributed by atoms with E-state index in [4.69, 9.17) is 16.3 Å². The lowest BCUT2D eigenvalue weighted by molar-refractivity contribution is -0.140. The van der Waals surface area contributed by atoms with Crippen LogP contribution in [0.1, 0.15) is 35.6 Å². The van der Waals surface area contributed by atoms with Gasteiger partial charge in [0, 0.05) is 23.7 Å². The number of aliphatic hydroxyl groups excluding tert-OH is 1. The maximum atomic E-state index is 12.9.